The third-order valence-electron chi connectivity index (χ3n) is 3.39. The molecule has 2 heteroatoms. The molecule has 94 valence electrons. The van der Waals surface area contributed by atoms with Gasteiger partial charge < -0.3 is 5.73 Å². The summed E-state index contributed by atoms with van der Waals surface area (Å²) in [5.41, 5.74) is 7.45. The predicted molar refractivity (Wildman–Crippen MR) is 70.1 cm³/mol. The zero-order valence-corrected chi connectivity index (χ0v) is 11.3. The van der Waals surface area contributed by atoms with E-state index in [1.165, 1.54) is 31.3 Å². The number of unbranched alkanes of at least 4 members (excludes halogenated alkanes) is 2. The van der Waals surface area contributed by atoms with Crippen LogP contribution in [0.3, 0.4) is 0 Å². The van der Waals surface area contributed by atoms with Crippen LogP contribution in [-0.2, 0) is 4.79 Å². The van der Waals surface area contributed by atoms with Crippen LogP contribution in [0.4, 0.5) is 0 Å². The summed E-state index contributed by atoms with van der Waals surface area (Å²) in [5.74, 6) is 0.294. The van der Waals surface area contributed by atoms with Crippen molar-refractivity contribution in [3.05, 3.63) is 11.1 Å². The monoisotopic (exact) mass is 225 g/mol. The highest BCUT2D eigenvalue weighted by Crippen LogP contribution is 2.25. The van der Waals surface area contributed by atoms with E-state index in [9.17, 15) is 4.79 Å². The Hall–Kier alpha value is -0.790. The summed E-state index contributed by atoms with van der Waals surface area (Å²) in [6.07, 6.45) is 6.82. The van der Waals surface area contributed by atoms with Crippen LogP contribution in [0.1, 0.15) is 66.2 Å². The molecule has 0 bridgehead atoms. The van der Waals surface area contributed by atoms with Crippen molar-refractivity contribution in [2.24, 2.45) is 11.7 Å². The number of primary amides is 1. The van der Waals surface area contributed by atoms with Crippen LogP contribution < -0.4 is 5.73 Å². The fourth-order valence-electron chi connectivity index (χ4n) is 2.26. The van der Waals surface area contributed by atoms with Crippen molar-refractivity contribution in [3.8, 4) is 0 Å². The maximum atomic E-state index is 11.3. The number of hydrogen-bond acceptors (Lipinski definition) is 1. The van der Waals surface area contributed by atoms with E-state index in [0.717, 1.165) is 18.4 Å². The maximum absolute atomic E-state index is 11.3. The molecule has 0 aliphatic heterocycles. The Bertz CT molecular complexity index is 243. The van der Waals surface area contributed by atoms with E-state index >= 15 is 0 Å². The summed E-state index contributed by atoms with van der Waals surface area (Å²) in [6.45, 7) is 8.48. The normalized spacial score (nSPS) is 14.5. The molecule has 0 aromatic carbocycles. The van der Waals surface area contributed by atoms with E-state index in [4.69, 9.17) is 5.73 Å². The summed E-state index contributed by atoms with van der Waals surface area (Å²) in [7, 11) is 0. The van der Waals surface area contributed by atoms with Gasteiger partial charge in [-0.25, -0.2) is 0 Å². The number of amides is 1. The smallest absolute Gasteiger partial charge is 0.244 e. The second-order valence-electron chi connectivity index (χ2n) is 4.48. The topological polar surface area (TPSA) is 43.1 Å². The highest BCUT2D eigenvalue weighted by molar-refractivity contribution is 5.92. The van der Waals surface area contributed by atoms with E-state index in [0.29, 0.717) is 5.92 Å². The van der Waals surface area contributed by atoms with Gasteiger partial charge in [0.1, 0.15) is 0 Å². The second-order valence-corrected chi connectivity index (χ2v) is 4.48. The number of allylic oxidation sites excluding steroid dienone is 1. The van der Waals surface area contributed by atoms with Gasteiger partial charge in [-0.15, -0.1) is 0 Å². The van der Waals surface area contributed by atoms with Crippen molar-refractivity contribution < 1.29 is 4.79 Å². The molecule has 0 rings (SSSR count). The van der Waals surface area contributed by atoms with Gasteiger partial charge in [-0.05, 0) is 32.1 Å². The third kappa shape index (κ3) is 4.82. The zero-order valence-electron chi connectivity index (χ0n) is 11.3. The van der Waals surface area contributed by atoms with Crippen LogP contribution in [0.2, 0.25) is 0 Å². The standard InChI is InChI=1S/C14H27NO/c1-5-8-9-10-12(6-2)11(4)13(7-3)14(15)16/h12H,5-10H2,1-4H3,(H2,15,16). The Morgan fingerprint density at radius 1 is 1.19 bits per heavy atom. The molecule has 0 aromatic heterocycles. The summed E-state index contributed by atoms with van der Waals surface area (Å²) >= 11 is 0. The van der Waals surface area contributed by atoms with Gasteiger partial charge in [-0.1, -0.05) is 45.6 Å². The molecule has 0 aliphatic carbocycles. The first kappa shape index (κ1) is 15.2. The molecule has 16 heavy (non-hydrogen) atoms. The lowest BCUT2D eigenvalue weighted by molar-refractivity contribution is -0.114. The molecule has 1 unspecified atom stereocenters. The Balaban J connectivity index is 4.59. The molecular weight excluding hydrogens is 198 g/mol. The lowest BCUT2D eigenvalue weighted by Gasteiger charge is -2.18. The molecule has 0 saturated carbocycles. The van der Waals surface area contributed by atoms with E-state index in [-0.39, 0.29) is 5.91 Å². The van der Waals surface area contributed by atoms with Crippen molar-refractivity contribution in [2.45, 2.75) is 66.2 Å². The highest BCUT2D eigenvalue weighted by Gasteiger charge is 2.14. The van der Waals surface area contributed by atoms with Gasteiger partial charge in [0.05, 0.1) is 0 Å². The lowest BCUT2D eigenvalue weighted by atomic mass is 9.87. The molecule has 1 amide bonds. The molecule has 0 radical (unpaired) electrons. The van der Waals surface area contributed by atoms with Gasteiger partial charge in [0, 0.05) is 5.57 Å². The summed E-state index contributed by atoms with van der Waals surface area (Å²) in [4.78, 5) is 11.3. The molecule has 0 heterocycles. The first-order valence-electron chi connectivity index (χ1n) is 6.57. The van der Waals surface area contributed by atoms with Crippen LogP contribution in [0.5, 0.6) is 0 Å². The molecule has 1 atom stereocenters. The average molecular weight is 225 g/mol. The minimum atomic E-state index is -0.242. The van der Waals surface area contributed by atoms with E-state index < -0.39 is 0 Å². The number of rotatable bonds is 8. The van der Waals surface area contributed by atoms with E-state index in [2.05, 4.69) is 20.8 Å². The van der Waals surface area contributed by atoms with Crippen molar-refractivity contribution in [1.82, 2.24) is 0 Å². The van der Waals surface area contributed by atoms with E-state index in [1.54, 1.807) is 0 Å². The average Bonchev–Trinajstić information content (AvgIpc) is 2.24. The van der Waals surface area contributed by atoms with Crippen molar-refractivity contribution in [1.29, 1.82) is 0 Å². The largest absolute Gasteiger partial charge is 0.366 e. The fourth-order valence-corrected chi connectivity index (χ4v) is 2.26. The van der Waals surface area contributed by atoms with Crippen LogP contribution in [0.25, 0.3) is 0 Å². The quantitative estimate of drug-likeness (QED) is 0.495. The number of hydrogen-bond donors (Lipinski definition) is 1. The minimum absolute atomic E-state index is 0.242. The number of carbonyl (C=O) groups excluding carboxylic acids is 1. The summed E-state index contributed by atoms with van der Waals surface area (Å²) in [6, 6.07) is 0. The molecule has 0 saturated heterocycles. The molecule has 0 aliphatic rings. The Morgan fingerprint density at radius 2 is 1.81 bits per heavy atom. The Labute approximate surface area is 100 Å². The second kappa shape index (κ2) is 8.37. The van der Waals surface area contributed by atoms with Gasteiger partial charge in [0.15, 0.2) is 0 Å². The SMILES string of the molecule is CCCCCC(CC)C(C)=C(CC)C(N)=O. The third-order valence-corrected chi connectivity index (χ3v) is 3.39. The minimum Gasteiger partial charge on any atom is -0.366 e. The van der Waals surface area contributed by atoms with Gasteiger partial charge in [-0.3, -0.25) is 4.79 Å². The van der Waals surface area contributed by atoms with Crippen LogP contribution >= 0.6 is 0 Å². The fraction of sp³-hybridized carbons (Fsp3) is 0.786. The van der Waals surface area contributed by atoms with Gasteiger partial charge >= 0.3 is 0 Å². The molecule has 0 aromatic rings. The zero-order chi connectivity index (χ0) is 12.6. The first-order valence-corrected chi connectivity index (χ1v) is 6.57. The van der Waals surface area contributed by atoms with Crippen LogP contribution in [0, 0.1) is 5.92 Å². The lowest BCUT2D eigenvalue weighted by Crippen LogP contribution is -2.17. The van der Waals surface area contributed by atoms with Gasteiger partial charge in [0.2, 0.25) is 5.91 Å². The first-order chi connectivity index (χ1) is 7.58. The van der Waals surface area contributed by atoms with Crippen LogP contribution in [0.15, 0.2) is 11.1 Å². The Morgan fingerprint density at radius 3 is 2.19 bits per heavy atom. The van der Waals surface area contributed by atoms with Crippen molar-refractivity contribution in [2.75, 3.05) is 0 Å². The highest BCUT2D eigenvalue weighted by atomic mass is 16.1. The Kier molecular flexibility index (Phi) is 7.96. The van der Waals surface area contributed by atoms with E-state index in [1.807, 2.05) is 6.92 Å². The molecule has 0 spiro atoms. The number of nitrogens with two attached hydrogens (primary N) is 1. The van der Waals surface area contributed by atoms with Crippen molar-refractivity contribution >= 4 is 5.91 Å². The summed E-state index contributed by atoms with van der Waals surface area (Å²) < 4.78 is 0. The predicted octanol–water partition coefficient (Wildman–Crippen LogP) is 3.80. The van der Waals surface area contributed by atoms with Gasteiger partial charge in [-0.2, -0.15) is 0 Å². The molecule has 2 N–H and O–H groups in total. The number of carbonyl (C=O) groups is 1. The van der Waals surface area contributed by atoms with Crippen LogP contribution in [-0.4, -0.2) is 5.91 Å². The molecule has 2 nitrogen and oxygen atoms in total. The van der Waals surface area contributed by atoms with Crippen molar-refractivity contribution in [3.63, 3.8) is 0 Å². The maximum Gasteiger partial charge on any atom is 0.244 e. The summed E-state index contributed by atoms with van der Waals surface area (Å²) in [5, 5.41) is 0. The molecular formula is C14H27NO. The molecule has 0 fully saturated rings. The van der Waals surface area contributed by atoms with Gasteiger partial charge in [0.25, 0.3) is 0 Å².